The van der Waals surface area contributed by atoms with E-state index in [0.29, 0.717) is 5.69 Å². The number of aryl methyl sites for hydroxylation is 1. The Morgan fingerprint density at radius 3 is 2.67 bits per heavy atom. The first-order valence-corrected chi connectivity index (χ1v) is 6.80. The highest BCUT2D eigenvalue weighted by Gasteiger charge is 2.21. The molecule has 2 rings (SSSR count). The smallest absolute Gasteiger partial charge is 0.187 e. The Labute approximate surface area is 104 Å². The topological polar surface area (TPSA) is 78.0 Å². The standard InChI is InChI=1S/C11H12FN3O2S/c1-15-5-4-9(14-15)7-18(16,17)11-3-2-8(13)6-10(11)12/h2-6H,7,13H2,1H3. The molecule has 1 aromatic carbocycles. The SMILES string of the molecule is Cn1ccc(CS(=O)(=O)c2ccc(N)cc2F)n1. The summed E-state index contributed by atoms with van der Waals surface area (Å²) in [5, 5.41) is 3.96. The average molecular weight is 269 g/mol. The van der Waals surface area contributed by atoms with Gasteiger partial charge in [-0.25, -0.2) is 12.8 Å². The van der Waals surface area contributed by atoms with E-state index in [1.807, 2.05) is 0 Å². The third-order valence-corrected chi connectivity index (χ3v) is 4.07. The molecule has 0 saturated heterocycles. The van der Waals surface area contributed by atoms with Crippen LogP contribution in [0.15, 0.2) is 35.4 Å². The van der Waals surface area contributed by atoms with Gasteiger partial charge in [0.2, 0.25) is 0 Å². The van der Waals surface area contributed by atoms with Gasteiger partial charge in [-0.15, -0.1) is 0 Å². The Morgan fingerprint density at radius 2 is 2.11 bits per heavy atom. The minimum atomic E-state index is -3.75. The molecule has 0 saturated carbocycles. The maximum Gasteiger partial charge on any atom is 0.187 e. The van der Waals surface area contributed by atoms with E-state index in [-0.39, 0.29) is 16.3 Å². The zero-order chi connectivity index (χ0) is 13.3. The number of aromatic nitrogens is 2. The van der Waals surface area contributed by atoms with Crippen molar-refractivity contribution in [3.05, 3.63) is 42.0 Å². The molecule has 1 aromatic heterocycles. The third kappa shape index (κ3) is 2.51. The fourth-order valence-corrected chi connectivity index (χ4v) is 2.91. The number of hydrogen-bond donors (Lipinski definition) is 1. The van der Waals surface area contributed by atoms with Crippen molar-refractivity contribution < 1.29 is 12.8 Å². The van der Waals surface area contributed by atoms with Crippen LogP contribution in [0.4, 0.5) is 10.1 Å². The average Bonchev–Trinajstić information content (AvgIpc) is 2.62. The van der Waals surface area contributed by atoms with Crippen LogP contribution in [0.5, 0.6) is 0 Å². The summed E-state index contributed by atoms with van der Waals surface area (Å²) in [6.45, 7) is 0. The molecule has 96 valence electrons. The quantitative estimate of drug-likeness (QED) is 0.847. The molecule has 0 unspecified atom stereocenters. The van der Waals surface area contributed by atoms with Gasteiger partial charge in [0, 0.05) is 18.9 Å². The molecule has 0 atom stereocenters. The zero-order valence-corrected chi connectivity index (χ0v) is 10.5. The van der Waals surface area contributed by atoms with Gasteiger partial charge in [-0.05, 0) is 24.3 Å². The van der Waals surface area contributed by atoms with Gasteiger partial charge >= 0.3 is 0 Å². The van der Waals surface area contributed by atoms with Crippen LogP contribution < -0.4 is 5.73 Å². The molecule has 0 aliphatic carbocycles. The molecule has 18 heavy (non-hydrogen) atoms. The van der Waals surface area contributed by atoms with Crippen molar-refractivity contribution in [2.45, 2.75) is 10.6 Å². The highest BCUT2D eigenvalue weighted by Crippen LogP contribution is 2.20. The number of sulfone groups is 1. The van der Waals surface area contributed by atoms with Crippen LogP contribution in [0.1, 0.15) is 5.69 Å². The van der Waals surface area contributed by atoms with E-state index in [4.69, 9.17) is 5.73 Å². The first-order valence-electron chi connectivity index (χ1n) is 5.15. The fraction of sp³-hybridized carbons (Fsp3) is 0.182. The number of nitrogens with zero attached hydrogens (tertiary/aromatic N) is 2. The molecule has 0 aliphatic rings. The molecule has 0 spiro atoms. The van der Waals surface area contributed by atoms with Crippen LogP contribution in [0, 0.1) is 5.82 Å². The molecule has 2 N–H and O–H groups in total. The second kappa shape index (κ2) is 4.41. The highest BCUT2D eigenvalue weighted by molar-refractivity contribution is 7.90. The predicted octanol–water partition coefficient (Wildman–Crippen LogP) is 1.12. The van der Waals surface area contributed by atoms with Gasteiger partial charge in [-0.3, -0.25) is 4.68 Å². The molecule has 2 aromatic rings. The van der Waals surface area contributed by atoms with Crippen molar-refractivity contribution in [2.24, 2.45) is 7.05 Å². The van der Waals surface area contributed by atoms with E-state index < -0.39 is 15.7 Å². The van der Waals surface area contributed by atoms with Crippen molar-refractivity contribution in [2.75, 3.05) is 5.73 Å². The maximum atomic E-state index is 13.6. The van der Waals surface area contributed by atoms with Crippen molar-refractivity contribution in [3.8, 4) is 0 Å². The number of benzene rings is 1. The largest absolute Gasteiger partial charge is 0.399 e. The second-order valence-corrected chi connectivity index (χ2v) is 5.89. The zero-order valence-electron chi connectivity index (χ0n) is 9.67. The van der Waals surface area contributed by atoms with Crippen molar-refractivity contribution in [1.82, 2.24) is 9.78 Å². The Kier molecular flexibility index (Phi) is 3.08. The summed E-state index contributed by atoms with van der Waals surface area (Å²) in [4.78, 5) is -0.359. The number of rotatable bonds is 3. The van der Waals surface area contributed by atoms with Crippen LogP contribution in [0.2, 0.25) is 0 Å². The molecule has 5 nitrogen and oxygen atoms in total. The van der Waals surface area contributed by atoms with Gasteiger partial charge in [-0.2, -0.15) is 5.10 Å². The van der Waals surface area contributed by atoms with Gasteiger partial charge in [0.1, 0.15) is 10.7 Å². The third-order valence-electron chi connectivity index (χ3n) is 2.40. The van der Waals surface area contributed by atoms with Gasteiger partial charge in [0.05, 0.1) is 11.4 Å². The van der Waals surface area contributed by atoms with E-state index >= 15 is 0 Å². The van der Waals surface area contributed by atoms with E-state index in [1.165, 1.54) is 16.8 Å². The lowest BCUT2D eigenvalue weighted by Crippen LogP contribution is -2.08. The summed E-state index contributed by atoms with van der Waals surface area (Å²) in [6, 6.07) is 5.09. The van der Waals surface area contributed by atoms with Gasteiger partial charge in [0.15, 0.2) is 9.84 Å². The lowest BCUT2D eigenvalue weighted by molar-refractivity contribution is 0.566. The fourth-order valence-electron chi connectivity index (χ4n) is 1.58. The summed E-state index contributed by atoms with van der Waals surface area (Å²) in [5.74, 6) is -1.18. The molecule has 1 heterocycles. The summed E-state index contributed by atoms with van der Waals surface area (Å²) in [7, 11) is -2.07. The Balaban J connectivity index is 2.36. The minimum Gasteiger partial charge on any atom is -0.399 e. The summed E-state index contributed by atoms with van der Waals surface area (Å²) in [5.41, 5.74) is 5.93. The predicted molar refractivity (Wildman–Crippen MR) is 64.9 cm³/mol. The number of halogens is 1. The van der Waals surface area contributed by atoms with E-state index in [1.54, 1.807) is 19.3 Å². The summed E-state index contributed by atoms with van der Waals surface area (Å²) in [6.07, 6.45) is 1.63. The molecular formula is C11H12FN3O2S. The Bertz CT molecular complexity index is 679. The normalized spacial score (nSPS) is 11.7. The van der Waals surface area contributed by atoms with E-state index in [9.17, 15) is 12.8 Å². The van der Waals surface area contributed by atoms with Crippen LogP contribution in [-0.4, -0.2) is 18.2 Å². The van der Waals surface area contributed by atoms with Crippen LogP contribution >= 0.6 is 0 Å². The van der Waals surface area contributed by atoms with Gasteiger partial charge < -0.3 is 5.73 Å². The molecule has 0 aliphatic heterocycles. The number of nitrogen functional groups attached to an aromatic ring is 1. The number of nitrogens with two attached hydrogens (primary N) is 1. The lowest BCUT2D eigenvalue weighted by atomic mass is 10.3. The van der Waals surface area contributed by atoms with Crippen LogP contribution in [0.3, 0.4) is 0 Å². The monoisotopic (exact) mass is 269 g/mol. The second-order valence-electron chi connectivity index (χ2n) is 3.93. The van der Waals surface area contributed by atoms with Gasteiger partial charge in [0.25, 0.3) is 0 Å². The molecule has 0 amide bonds. The number of hydrogen-bond acceptors (Lipinski definition) is 4. The first kappa shape index (κ1) is 12.6. The molecule has 0 radical (unpaired) electrons. The van der Waals surface area contributed by atoms with Crippen molar-refractivity contribution in [3.63, 3.8) is 0 Å². The Morgan fingerprint density at radius 1 is 1.39 bits per heavy atom. The Hall–Kier alpha value is -1.89. The van der Waals surface area contributed by atoms with Gasteiger partial charge in [-0.1, -0.05) is 0 Å². The molecule has 7 heteroatoms. The highest BCUT2D eigenvalue weighted by atomic mass is 32.2. The van der Waals surface area contributed by atoms with E-state index in [0.717, 1.165) is 6.07 Å². The van der Waals surface area contributed by atoms with Crippen LogP contribution in [0.25, 0.3) is 0 Å². The number of anilines is 1. The van der Waals surface area contributed by atoms with Crippen LogP contribution in [-0.2, 0) is 22.6 Å². The molecule has 0 bridgehead atoms. The van der Waals surface area contributed by atoms with Crippen molar-refractivity contribution >= 4 is 15.5 Å². The summed E-state index contributed by atoms with van der Waals surface area (Å²) >= 11 is 0. The molecular weight excluding hydrogens is 257 g/mol. The van der Waals surface area contributed by atoms with Crippen molar-refractivity contribution in [1.29, 1.82) is 0 Å². The van der Waals surface area contributed by atoms with E-state index in [2.05, 4.69) is 5.10 Å². The summed E-state index contributed by atoms with van der Waals surface area (Å²) < 4.78 is 39.1. The maximum absolute atomic E-state index is 13.6. The lowest BCUT2D eigenvalue weighted by Gasteiger charge is -2.04. The first-order chi connectivity index (χ1) is 8.38. The molecule has 0 fully saturated rings. The minimum absolute atomic E-state index is 0.185.